The Morgan fingerprint density at radius 2 is 2.17 bits per heavy atom. The van der Waals surface area contributed by atoms with Crippen LogP contribution in [0.5, 0.6) is 0 Å². The highest BCUT2D eigenvalue weighted by Crippen LogP contribution is 2.18. The van der Waals surface area contributed by atoms with Crippen LogP contribution in [0, 0.1) is 0 Å². The van der Waals surface area contributed by atoms with E-state index in [1.807, 2.05) is 0 Å². The van der Waals surface area contributed by atoms with Crippen molar-refractivity contribution in [3.8, 4) is 0 Å². The molecule has 6 heteroatoms. The summed E-state index contributed by atoms with van der Waals surface area (Å²) in [7, 11) is 1.62. The van der Waals surface area contributed by atoms with Crippen LogP contribution in [0.15, 0.2) is 0 Å². The van der Waals surface area contributed by atoms with Gasteiger partial charge in [0.1, 0.15) is 6.04 Å². The molecule has 1 saturated heterocycles. The molecule has 104 valence electrons. The van der Waals surface area contributed by atoms with Gasteiger partial charge in [-0.25, -0.2) is 4.79 Å². The van der Waals surface area contributed by atoms with E-state index in [0.717, 1.165) is 25.0 Å². The number of rotatable bonds is 6. The number of carboxylic acid groups (broad SMARTS) is 1. The molecule has 1 aliphatic rings. The van der Waals surface area contributed by atoms with Gasteiger partial charge in [0, 0.05) is 19.4 Å². The SMILES string of the molecule is COCCSCC(=O)N1CCCCCC1C(=O)O. The number of methoxy groups -OCH3 is 1. The highest BCUT2D eigenvalue weighted by atomic mass is 32.2. The number of carbonyl (C=O) groups is 2. The molecule has 0 aromatic heterocycles. The van der Waals surface area contributed by atoms with Gasteiger partial charge in [0.15, 0.2) is 0 Å². The molecule has 0 spiro atoms. The molecule has 0 aromatic carbocycles. The Bertz CT molecular complexity index is 285. The second-order valence-corrected chi connectivity index (χ2v) is 5.44. The number of carboxylic acids is 1. The fourth-order valence-corrected chi connectivity index (χ4v) is 2.82. The van der Waals surface area contributed by atoms with Crippen molar-refractivity contribution in [3.05, 3.63) is 0 Å². The van der Waals surface area contributed by atoms with E-state index in [0.29, 0.717) is 25.3 Å². The van der Waals surface area contributed by atoms with E-state index in [-0.39, 0.29) is 5.91 Å². The quantitative estimate of drug-likeness (QED) is 0.738. The lowest BCUT2D eigenvalue weighted by molar-refractivity contribution is -0.149. The molecule has 1 N–H and O–H groups in total. The molecule has 1 fully saturated rings. The summed E-state index contributed by atoms with van der Waals surface area (Å²) in [5.41, 5.74) is 0. The molecule has 1 atom stereocenters. The highest BCUT2D eigenvalue weighted by Gasteiger charge is 2.30. The summed E-state index contributed by atoms with van der Waals surface area (Å²) in [6.07, 6.45) is 3.37. The molecule has 1 amide bonds. The van der Waals surface area contributed by atoms with E-state index >= 15 is 0 Å². The van der Waals surface area contributed by atoms with Gasteiger partial charge in [0.25, 0.3) is 0 Å². The molecular formula is C12H21NO4S. The maximum atomic E-state index is 12.0. The highest BCUT2D eigenvalue weighted by molar-refractivity contribution is 7.99. The van der Waals surface area contributed by atoms with Crippen LogP contribution in [-0.4, -0.2) is 59.7 Å². The van der Waals surface area contributed by atoms with Crippen molar-refractivity contribution in [3.63, 3.8) is 0 Å². The molecule has 1 heterocycles. The average Bonchev–Trinajstić information content (AvgIpc) is 2.59. The van der Waals surface area contributed by atoms with Gasteiger partial charge in [0.2, 0.25) is 5.91 Å². The van der Waals surface area contributed by atoms with Gasteiger partial charge in [-0.15, -0.1) is 11.8 Å². The third-order valence-electron chi connectivity index (χ3n) is 3.02. The number of amides is 1. The molecule has 1 unspecified atom stereocenters. The minimum Gasteiger partial charge on any atom is -0.480 e. The third kappa shape index (κ3) is 4.86. The Morgan fingerprint density at radius 1 is 1.39 bits per heavy atom. The number of hydrogen-bond acceptors (Lipinski definition) is 4. The fraction of sp³-hybridized carbons (Fsp3) is 0.833. The molecule has 0 bridgehead atoms. The number of hydrogen-bond donors (Lipinski definition) is 1. The van der Waals surface area contributed by atoms with Gasteiger partial charge in [-0.1, -0.05) is 12.8 Å². The van der Waals surface area contributed by atoms with Crippen LogP contribution in [0.1, 0.15) is 25.7 Å². The van der Waals surface area contributed by atoms with Gasteiger partial charge in [-0.2, -0.15) is 0 Å². The number of ether oxygens (including phenoxy) is 1. The van der Waals surface area contributed by atoms with Gasteiger partial charge >= 0.3 is 5.97 Å². The zero-order valence-corrected chi connectivity index (χ0v) is 11.6. The second kappa shape index (κ2) is 8.37. The zero-order chi connectivity index (χ0) is 13.4. The van der Waals surface area contributed by atoms with Crippen molar-refractivity contribution in [2.75, 3.05) is 31.8 Å². The zero-order valence-electron chi connectivity index (χ0n) is 10.8. The monoisotopic (exact) mass is 275 g/mol. The maximum absolute atomic E-state index is 12.0. The molecule has 0 saturated carbocycles. The summed E-state index contributed by atoms with van der Waals surface area (Å²) in [5, 5.41) is 9.17. The minimum atomic E-state index is -0.882. The number of likely N-dealkylation sites (tertiary alicyclic amines) is 1. The van der Waals surface area contributed by atoms with E-state index < -0.39 is 12.0 Å². The van der Waals surface area contributed by atoms with Crippen LogP contribution in [0.3, 0.4) is 0 Å². The molecule has 18 heavy (non-hydrogen) atoms. The summed E-state index contributed by atoms with van der Waals surface area (Å²) in [6.45, 7) is 1.18. The normalized spacial score (nSPS) is 20.5. The standard InChI is InChI=1S/C12H21NO4S/c1-17-7-8-18-9-11(14)13-6-4-2-3-5-10(13)12(15)16/h10H,2-9H2,1H3,(H,15,16). The van der Waals surface area contributed by atoms with Crippen LogP contribution in [0.2, 0.25) is 0 Å². The summed E-state index contributed by atoms with van der Waals surface area (Å²) in [6, 6.07) is -0.636. The Labute approximate surface area is 112 Å². The van der Waals surface area contributed by atoms with E-state index in [1.165, 1.54) is 16.7 Å². The molecule has 5 nitrogen and oxygen atoms in total. The van der Waals surface area contributed by atoms with Crippen molar-refractivity contribution in [2.45, 2.75) is 31.7 Å². The van der Waals surface area contributed by atoms with Crippen LogP contribution in [0.25, 0.3) is 0 Å². The summed E-state index contributed by atoms with van der Waals surface area (Å²) >= 11 is 1.49. The summed E-state index contributed by atoms with van der Waals surface area (Å²) < 4.78 is 4.91. The first-order valence-corrected chi connectivity index (χ1v) is 7.41. The van der Waals surface area contributed by atoms with Crippen molar-refractivity contribution in [1.82, 2.24) is 4.90 Å². The molecule has 1 aliphatic heterocycles. The van der Waals surface area contributed by atoms with Crippen molar-refractivity contribution in [1.29, 1.82) is 0 Å². The van der Waals surface area contributed by atoms with Crippen LogP contribution in [-0.2, 0) is 14.3 Å². The van der Waals surface area contributed by atoms with E-state index in [4.69, 9.17) is 4.74 Å². The average molecular weight is 275 g/mol. The molecular weight excluding hydrogens is 254 g/mol. The Morgan fingerprint density at radius 3 is 2.83 bits per heavy atom. The lowest BCUT2D eigenvalue weighted by atomic mass is 10.1. The predicted octanol–water partition coefficient (Wildman–Crippen LogP) is 1.22. The predicted molar refractivity (Wildman–Crippen MR) is 70.8 cm³/mol. The van der Waals surface area contributed by atoms with Crippen molar-refractivity contribution in [2.24, 2.45) is 0 Å². The van der Waals surface area contributed by atoms with Crippen LogP contribution >= 0.6 is 11.8 Å². The first-order valence-electron chi connectivity index (χ1n) is 6.25. The smallest absolute Gasteiger partial charge is 0.326 e. The summed E-state index contributed by atoms with van der Waals surface area (Å²) in [5.74, 6) is 0.151. The van der Waals surface area contributed by atoms with E-state index in [2.05, 4.69) is 0 Å². The largest absolute Gasteiger partial charge is 0.480 e. The third-order valence-corrected chi connectivity index (χ3v) is 3.92. The lowest BCUT2D eigenvalue weighted by Crippen LogP contribution is -2.45. The molecule has 0 aliphatic carbocycles. The maximum Gasteiger partial charge on any atom is 0.326 e. The van der Waals surface area contributed by atoms with Gasteiger partial charge < -0.3 is 14.7 Å². The molecule has 0 radical (unpaired) electrons. The second-order valence-electron chi connectivity index (χ2n) is 4.34. The van der Waals surface area contributed by atoms with Crippen molar-refractivity contribution >= 4 is 23.6 Å². The van der Waals surface area contributed by atoms with Crippen LogP contribution < -0.4 is 0 Å². The van der Waals surface area contributed by atoms with Gasteiger partial charge in [0.05, 0.1) is 12.4 Å². The number of aliphatic carboxylic acids is 1. The Kier molecular flexibility index (Phi) is 7.12. The molecule has 0 aromatic rings. The minimum absolute atomic E-state index is 0.0644. The topological polar surface area (TPSA) is 66.8 Å². The Balaban J connectivity index is 2.48. The number of thioether (sulfide) groups is 1. The van der Waals surface area contributed by atoms with Crippen molar-refractivity contribution < 1.29 is 19.4 Å². The van der Waals surface area contributed by atoms with Crippen LogP contribution in [0.4, 0.5) is 0 Å². The van der Waals surface area contributed by atoms with E-state index in [9.17, 15) is 14.7 Å². The first-order chi connectivity index (χ1) is 8.66. The van der Waals surface area contributed by atoms with E-state index in [1.54, 1.807) is 7.11 Å². The molecule has 1 rings (SSSR count). The lowest BCUT2D eigenvalue weighted by Gasteiger charge is -2.26. The van der Waals surface area contributed by atoms with Gasteiger partial charge in [-0.05, 0) is 12.8 Å². The van der Waals surface area contributed by atoms with Gasteiger partial charge in [-0.3, -0.25) is 4.79 Å². The fourth-order valence-electron chi connectivity index (χ4n) is 2.05. The number of carbonyl (C=O) groups excluding carboxylic acids is 1. The number of nitrogens with zero attached hydrogens (tertiary/aromatic N) is 1. The first kappa shape index (κ1) is 15.3. The summed E-state index contributed by atoms with van der Waals surface area (Å²) in [4.78, 5) is 24.7. The Hall–Kier alpha value is -0.750.